The van der Waals surface area contributed by atoms with Crippen LogP contribution in [0.25, 0.3) is 5.65 Å². The molecule has 2 aromatic heterocycles. The Morgan fingerprint density at radius 3 is 2.70 bits per heavy atom. The molecule has 0 radical (unpaired) electrons. The SMILES string of the molecule is CCOC(=O)CNc1c(CC(C)C)nc2c(C(=O)NC3CCC(N)CC3)cccn12. The lowest BCUT2D eigenvalue weighted by molar-refractivity contribution is -0.140. The van der Waals surface area contributed by atoms with Crippen molar-refractivity contribution in [2.75, 3.05) is 18.5 Å². The van der Waals surface area contributed by atoms with Gasteiger partial charge in [0, 0.05) is 18.3 Å². The molecule has 0 saturated heterocycles. The molecule has 0 bridgehead atoms. The number of hydrogen-bond donors (Lipinski definition) is 3. The third kappa shape index (κ3) is 5.30. The van der Waals surface area contributed by atoms with E-state index >= 15 is 0 Å². The Balaban J connectivity index is 1.87. The first-order valence-electron chi connectivity index (χ1n) is 10.8. The molecule has 8 heteroatoms. The number of pyridine rings is 1. The van der Waals surface area contributed by atoms with E-state index in [-0.39, 0.29) is 30.5 Å². The Morgan fingerprint density at radius 2 is 2.03 bits per heavy atom. The maximum Gasteiger partial charge on any atom is 0.325 e. The lowest BCUT2D eigenvalue weighted by Crippen LogP contribution is -2.40. The lowest BCUT2D eigenvalue weighted by Gasteiger charge is -2.26. The Kier molecular flexibility index (Phi) is 7.31. The van der Waals surface area contributed by atoms with E-state index in [1.165, 1.54) is 0 Å². The van der Waals surface area contributed by atoms with E-state index in [0.29, 0.717) is 23.7 Å². The van der Waals surface area contributed by atoms with E-state index in [4.69, 9.17) is 15.5 Å². The van der Waals surface area contributed by atoms with Gasteiger partial charge in [0.1, 0.15) is 12.4 Å². The van der Waals surface area contributed by atoms with Gasteiger partial charge in [-0.25, -0.2) is 4.98 Å². The van der Waals surface area contributed by atoms with Crippen LogP contribution in [-0.4, -0.2) is 46.5 Å². The van der Waals surface area contributed by atoms with Crippen LogP contribution in [0.3, 0.4) is 0 Å². The van der Waals surface area contributed by atoms with E-state index < -0.39 is 0 Å². The summed E-state index contributed by atoms with van der Waals surface area (Å²) in [5.74, 6) is 0.651. The highest BCUT2D eigenvalue weighted by Gasteiger charge is 2.23. The summed E-state index contributed by atoms with van der Waals surface area (Å²) in [5.41, 5.74) is 7.92. The lowest BCUT2D eigenvalue weighted by atomic mass is 9.91. The zero-order chi connectivity index (χ0) is 21.7. The molecule has 0 atom stereocenters. The van der Waals surface area contributed by atoms with Gasteiger partial charge in [-0.1, -0.05) is 13.8 Å². The predicted octanol–water partition coefficient (Wildman–Crippen LogP) is 2.51. The Morgan fingerprint density at radius 1 is 1.30 bits per heavy atom. The van der Waals surface area contributed by atoms with Gasteiger partial charge in [-0.3, -0.25) is 14.0 Å². The van der Waals surface area contributed by atoms with E-state index in [2.05, 4.69) is 24.5 Å². The predicted molar refractivity (Wildman–Crippen MR) is 117 cm³/mol. The summed E-state index contributed by atoms with van der Waals surface area (Å²) in [5, 5.41) is 6.30. The van der Waals surface area contributed by atoms with Crippen molar-refractivity contribution in [2.45, 2.75) is 65.0 Å². The van der Waals surface area contributed by atoms with Gasteiger partial charge in [0.05, 0.1) is 17.9 Å². The van der Waals surface area contributed by atoms with Crippen molar-refractivity contribution >= 4 is 23.3 Å². The molecule has 1 saturated carbocycles. The standard InChI is InChI=1S/C22H33N5O3/c1-4-30-19(28)13-24-21-18(12-14(2)3)26-20-17(6-5-11-27(20)21)22(29)25-16-9-7-15(23)8-10-16/h5-6,11,14-16,24H,4,7-10,12-13,23H2,1-3H3,(H,25,29). The molecular formula is C22H33N5O3. The maximum absolute atomic E-state index is 13.0. The number of ether oxygens (including phenoxy) is 1. The molecule has 2 aromatic rings. The number of esters is 1. The fraction of sp³-hybridized carbons (Fsp3) is 0.591. The summed E-state index contributed by atoms with van der Waals surface area (Å²) < 4.78 is 6.87. The molecule has 0 aromatic carbocycles. The molecule has 1 amide bonds. The molecule has 3 rings (SSSR count). The average Bonchev–Trinajstić information content (AvgIpc) is 3.04. The maximum atomic E-state index is 13.0. The van der Waals surface area contributed by atoms with E-state index in [1.807, 2.05) is 16.7 Å². The summed E-state index contributed by atoms with van der Waals surface area (Å²) >= 11 is 0. The third-order valence-corrected chi connectivity index (χ3v) is 5.38. The van der Waals surface area contributed by atoms with Crippen molar-refractivity contribution in [3.63, 3.8) is 0 Å². The first-order valence-corrected chi connectivity index (χ1v) is 10.8. The molecule has 164 valence electrons. The molecule has 1 fully saturated rings. The Bertz CT molecular complexity index is 884. The minimum absolute atomic E-state index is 0.0471. The van der Waals surface area contributed by atoms with Crippen molar-refractivity contribution in [3.05, 3.63) is 29.6 Å². The second-order valence-electron chi connectivity index (χ2n) is 8.36. The van der Waals surface area contributed by atoms with Crippen LogP contribution < -0.4 is 16.4 Å². The Hall–Kier alpha value is -2.61. The largest absolute Gasteiger partial charge is 0.465 e. The van der Waals surface area contributed by atoms with Gasteiger partial charge < -0.3 is 21.1 Å². The summed E-state index contributed by atoms with van der Waals surface area (Å²) in [6.45, 7) is 6.39. The van der Waals surface area contributed by atoms with Crippen LogP contribution in [0.15, 0.2) is 18.3 Å². The van der Waals surface area contributed by atoms with Crippen molar-refractivity contribution in [1.82, 2.24) is 14.7 Å². The number of rotatable bonds is 8. The van der Waals surface area contributed by atoms with Crippen molar-refractivity contribution in [1.29, 1.82) is 0 Å². The fourth-order valence-corrected chi connectivity index (χ4v) is 3.90. The third-order valence-electron chi connectivity index (χ3n) is 5.38. The molecule has 0 spiro atoms. The number of nitrogens with zero attached hydrogens (tertiary/aromatic N) is 2. The molecule has 0 unspecified atom stereocenters. The van der Waals surface area contributed by atoms with E-state index in [9.17, 15) is 9.59 Å². The minimum Gasteiger partial charge on any atom is -0.465 e. The molecule has 1 aliphatic carbocycles. The molecular weight excluding hydrogens is 382 g/mol. The molecule has 8 nitrogen and oxygen atoms in total. The van der Waals surface area contributed by atoms with Crippen LogP contribution in [0.4, 0.5) is 5.82 Å². The first-order chi connectivity index (χ1) is 14.4. The van der Waals surface area contributed by atoms with Crippen LogP contribution in [-0.2, 0) is 16.0 Å². The van der Waals surface area contributed by atoms with Crippen LogP contribution in [0.1, 0.15) is 62.5 Å². The summed E-state index contributed by atoms with van der Waals surface area (Å²) in [6, 6.07) is 4.00. The van der Waals surface area contributed by atoms with Crippen LogP contribution >= 0.6 is 0 Å². The number of carbonyl (C=O) groups excluding carboxylic acids is 2. The van der Waals surface area contributed by atoms with Gasteiger partial charge in [0.2, 0.25) is 0 Å². The fourth-order valence-electron chi connectivity index (χ4n) is 3.90. The normalized spacial score (nSPS) is 19.1. The zero-order valence-electron chi connectivity index (χ0n) is 18.1. The summed E-state index contributed by atoms with van der Waals surface area (Å²) in [4.78, 5) is 29.6. The van der Waals surface area contributed by atoms with Crippen molar-refractivity contribution in [2.24, 2.45) is 11.7 Å². The topological polar surface area (TPSA) is 111 Å². The van der Waals surface area contributed by atoms with Gasteiger partial charge in [0.15, 0.2) is 5.65 Å². The number of nitrogens with two attached hydrogens (primary N) is 1. The molecule has 2 heterocycles. The number of fused-ring (bicyclic) bond motifs is 1. The number of imidazole rings is 1. The molecule has 4 N–H and O–H groups in total. The van der Waals surface area contributed by atoms with Gasteiger partial charge in [0.25, 0.3) is 5.91 Å². The zero-order valence-corrected chi connectivity index (χ0v) is 18.1. The second-order valence-corrected chi connectivity index (χ2v) is 8.36. The Labute approximate surface area is 177 Å². The van der Waals surface area contributed by atoms with Crippen molar-refractivity contribution in [3.8, 4) is 0 Å². The smallest absolute Gasteiger partial charge is 0.325 e. The summed E-state index contributed by atoms with van der Waals surface area (Å²) in [7, 11) is 0. The van der Waals surface area contributed by atoms with Gasteiger partial charge in [-0.2, -0.15) is 0 Å². The number of aromatic nitrogens is 2. The second kappa shape index (κ2) is 9.93. The van der Waals surface area contributed by atoms with Crippen molar-refractivity contribution < 1.29 is 14.3 Å². The monoisotopic (exact) mass is 415 g/mol. The van der Waals surface area contributed by atoms with Gasteiger partial charge in [-0.15, -0.1) is 0 Å². The summed E-state index contributed by atoms with van der Waals surface area (Å²) in [6.07, 6.45) is 6.24. The number of anilines is 1. The van der Waals surface area contributed by atoms with Crippen LogP contribution in [0.2, 0.25) is 0 Å². The van der Waals surface area contributed by atoms with Crippen LogP contribution in [0.5, 0.6) is 0 Å². The minimum atomic E-state index is -0.327. The van der Waals surface area contributed by atoms with Crippen LogP contribution in [0, 0.1) is 5.92 Å². The van der Waals surface area contributed by atoms with Gasteiger partial charge >= 0.3 is 5.97 Å². The number of hydrogen-bond acceptors (Lipinski definition) is 6. The highest BCUT2D eigenvalue weighted by Crippen LogP contribution is 2.24. The molecule has 30 heavy (non-hydrogen) atoms. The van der Waals surface area contributed by atoms with Gasteiger partial charge in [-0.05, 0) is 57.1 Å². The molecule has 1 aliphatic rings. The first kappa shape index (κ1) is 22.1. The van der Waals surface area contributed by atoms with E-state index in [0.717, 1.165) is 43.6 Å². The molecule has 0 aliphatic heterocycles. The number of nitrogens with one attached hydrogen (secondary N) is 2. The van der Waals surface area contributed by atoms with E-state index in [1.54, 1.807) is 13.0 Å². The number of amides is 1. The highest BCUT2D eigenvalue weighted by atomic mass is 16.5. The number of carbonyl (C=O) groups is 2. The quantitative estimate of drug-likeness (QED) is 0.571. The average molecular weight is 416 g/mol. The highest BCUT2D eigenvalue weighted by molar-refractivity contribution is 6.00.